The Kier molecular flexibility index (Phi) is 4.51. The summed E-state index contributed by atoms with van der Waals surface area (Å²) in [6.07, 6.45) is 1.11. The summed E-state index contributed by atoms with van der Waals surface area (Å²) < 4.78 is 24.7. The van der Waals surface area contributed by atoms with E-state index in [1.54, 1.807) is 23.6 Å². The molecule has 7 nitrogen and oxygen atoms in total. The molecule has 0 aliphatic rings. The molecule has 0 bridgehead atoms. The monoisotopic (exact) mass is 376 g/mol. The Hall–Kier alpha value is -2.78. The largest absolute Gasteiger partial charge is 0.506 e. The van der Waals surface area contributed by atoms with Crippen LogP contribution >= 0.6 is 11.3 Å². The van der Waals surface area contributed by atoms with Crippen LogP contribution < -0.4 is 0 Å². The van der Waals surface area contributed by atoms with Crippen molar-refractivity contribution in [2.75, 3.05) is 0 Å². The van der Waals surface area contributed by atoms with Crippen molar-refractivity contribution in [1.82, 2.24) is 9.97 Å². The summed E-state index contributed by atoms with van der Waals surface area (Å²) in [4.78, 5) is 19.2. The molecule has 2 heterocycles. The van der Waals surface area contributed by atoms with Gasteiger partial charge in [0.05, 0.1) is 21.9 Å². The average molecular weight is 376 g/mol. The number of aromatic hydroxyl groups is 1. The van der Waals surface area contributed by atoms with Crippen molar-refractivity contribution in [2.24, 2.45) is 0 Å². The van der Waals surface area contributed by atoms with Crippen molar-refractivity contribution < 1.29 is 23.4 Å². The summed E-state index contributed by atoms with van der Waals surface area (Å²) in [5.41, 5.74) is 0.287. The number of aromatic nitrogens is 2. The minimum absolute atomic E-state index is 0.110. The molecule has 0 atom stereocenters. The highest BCUT2D eigenvalue weighted by molar-refractivity contribution is 7.90. The molecule has 1 aromatic carbocycles. The minimum Gasteiger partial charge on any atom is -0.506 e. The molecule has 2 N–H and O–H groups in total. The molecule has 0 aliphatic carbocycles. The van der Waals surface area contributed by atoms with Crippen LogP contribution in [0.15, 0.2) is 52.9 Å². The van der Waals surface area contributed by atoms with Gasteiger partial charge in [0, 0.05) is 11.6 Å². The first-order valence-electron chi connectivity index (χ1n) is 7.02. The Morgan fingerprint density at radius 2 is 1.92 bits per heavy atom. The average Bonchev–Trinajstić information content (AvgIpc) is 3.03. The molecule has 0 saturated carbocycles. The molecule has 0 spiro atoms. The van der Waals surface area contributed by atoms with Crippen LogP contribution in [-0.4, -0.2) is 34.6 Å². The Balaban J connectivity index is 1.87. The number of nitrogens with zero attached hydrogens (tertiary/aromatic N) is 2. The van der Waals surface area contributed by atoms with Gasteiger partial charge in [0.25, 0.3) is 0 Å². The van der Waals surface area contributed by atoms with E-state index in [-0.39, 0.29) is 27.7 Å². The topological polar surface area (TPSA) is 117 Å². The van der Waals surface area contributed by atoms with Crippen molar-refractivity contribution >= 4 is 27.1 Å². The minimum atomic E-state index is -3.53. The number of rotatable bonds is 5. The second kappa shape index (κ2) is 6.61. The fraction of sp³-hybridized carbons (Fsp3) is 0.0625. The zero-order valence-corrected chi connectivity index (χ0v) is 14.3. The van der Waals surface area contributed by atoms with Gasteiger partial charge in [-0.15, -0.1) is 11.3 Å². The summed E-state index contributed by atoms with van der Waals surface area (Å²) in [6.45, 7) is 0. The highest BCUT2D eigenvalue weighted by Crippen LogP contribution is 2.31. The molecule has 0 fully saturated rings. The van der Waals surface area contributed by atoms with Gasteiger partial charge in [-0.05, 0) is 18.2 Å². The van der Waals surface area contributed by atoms with E-state index in [1.165, 1.54) is 12.1 Å². The number of benzene rings is 1. The number of carboxylic acid groups (broad SMARTS) is 1. The van der Waals surface area contributed by atoms with Gasteiger partial charge in [-0.2, -0.15) is 0 Å². The molecule has 25 heavy (non-hydrogen) atoms. The molecule has 3 aromatic rings. The number of sulfone groups is 1. The van der Waals surface area contributed by atoms with Crippen LogP contribution in [0.1, 0.15) is 16.1 Å². The van der Waals surface area contributed by atoms with Gasteiger partial charge in [0.1, 0.15) is 16.5 Å². The number of hydrogen-bond acceptors (Lipinski definition) is 7. The number of pyridine rings is 1. The van der Waals surface area contributed by atoms with Gasteiger partial charge in [0.2, 0.25) is 0 Å². The Morgan fingerprint density at radius 1 is 1.20 bits per heavy atom. The first-order valence-corrected chi connectivity index (χ1v) is 9.55. The van der Waals surface area contributed by atoms with Crippen molar-refractivity contribution in [1.29, 1.82) is 0 Å². The van der Waals surface area contributed by atoms with Crippen molar-refractivity contribution in [3.63, 3.8) is 0 Å². The predicted octanol–water partition coefficient (Wildman–Crippen LogP) is 2.58. The Bertz CT molecular complexity index is 1030. The smallest absolute Gasteiger partial charge is 0.337 e. The first-order chi connectivity index (χ1) is 11.9. The fourth-order valence-corrected chi connectivity index (χ4v) is 4.33. The third-order valence-corrected chi connectivity index (χ3v) is 5.87. The van der Waals surface area contributed by atoms with E-state index in [0.717, 1.165) is 23.6 Å². The maximum absolute atomic E-state index is 12.4. The van der Waals surface area contributed by atoms with Crippen molar-refractivity contribution in [3.05, 3.63) is 59.2 Å². The number of hydrogen-bond donors (Lipinski definition) is 2. The van der Waals surface area contributed by atoms with Crippen LogP contribution in [0.3, 0.4) is 0 Å². The van der Waals surface area contributed by atoms with Crippen LogP contribution in [-0.2, 0) is 15.6 Å². The van der Waals surface area contributed by atoms with E-state index in [2.05, 4.69) is 9.97 Å². The van der Waals surface area contributed by atoms with E-state index in [9.17, 15) is 18.3 Å². The molecule has 2 aromatic heterocycles. The lowest BCUT2D eigenvalue weighted by molar-refractivity contribution is 0.0696. The van der Waals surface area contributed by atoms with Gasteiger partial charge in [-0.3, -0.25) is 0 Å². The lowest BCUT2D eigenvalue weighted by Crippen LogP contribution is -2.05. The molecule has 0 aliphatic heterocycles. The van der Waals surface area contributed by atoms with E-state index in [1.807, 2.05) is 0 Å². The summed E-state index contributed by atoms with van der Waals surface area (Å²) in [5, 5.41) is 20.7. The highest BCUT2D eigenvalue weighted by Gasteiger charge is 2.19. The van der Waals surface area contributed by atoms with Crippen LogP contribution in [0.25, 0.3) is 10.7 Å². The third kappa shape index (κ3) is 3.67. The van der Waals surface area contributed by atoms with E-state index < -0.39 is 15.8 Å². The van der Waals surface area contributed by atoms with E-state index in [0.29, 0.717) is 10.7 Å². The first kappa shape index (κ1) is 17.1. The molecule has 0 saturated heterocycles. The van der Waals surface area contributed by atoms with Crippen LogP contribution in [0.2, 0.25) is 0 Å². The van der Waals surface area contributed by atoms with Crippen LogP contribution in [0, 0.1) is 0 Å². The summed E-state index contributed by atoms with van der Waals surface area (Å²) in [6, 6.07) is 9.12. The van der Waals surface area contributed by atoms with E-state index in [4.69, 9.17) is 5.11 Å². The Labute approximate surface area is 147 Å². The normalized spacial score (nSPS) is 11.4. The number of carbonyl (C=O) groups is 1. The highest BCUT2D eigenvalue weighted by atomic mass is 32.2. The summed E-state index contributed by atoms with van der Waals surface area (Å²) in [7, 11) is -3.53. The van der Waals surface area contributed by atoms with Gasteiger partial charge < -0.3 is 10.2 Å². The van der Waals surface area contributed by atoms with Crippen molar-refractivity contribution in [3.8, 4) is 16.5 Å². The second-order valence-electron chi connectivity index (χ2n) is 5.11. The predicted molar refractivity (Wildman–Crippen MR) is 91.3 cm³/mol. The quantitative estimate of drug-likeness (QED) is 0.703. The Morgan fingerprint density at radius 3 is 2.56 bits per heavy atom. The maximum atomic E-state index is 12.4. The molecular weight excluding hydrogens is 364 g/mol. The van der Waals surface area contributed by atoms with Crippen LogP contribution in [0.4, 0.5) is 0 Å². The molecule has 0 amide bonds. The molecule has 3 rings (SSSR count). The zero-order chi connectivity index (χ0) is 18.0. The lowest BCUT2D eigenvalue weighted by atomic mass is 10.2. The summed E-state index contributed by atoms with van der Waals surface area (Å²) in [5.74, 6) is -1.81. The van der Waals surface area contributed by atoms with E-state index >= 15 is 0 Å². The molecule has 0 unspecified atom stereocenters. The number of thiazole rings is 1. The van der Waals surface area contributed by atoms with Gasteiger partial charge in [0.15, 0.2) is 9.84 Å². The zero-order valence-electron chi connectivity index (χ0n) is 12.7. The standard InChI is InChI=1S/C16H12N2O5S2/c19-13-6-10(16(20)21)7-17-14(13)15-18-11(8-24-15)9-25(22,23)12-4-2-1-3-5-12/h1-8,19H,9H2,(H,20,21). The maximum Gasteiger partial charge on any atom is 0.337 e. The van der Waals surface area contributed by atoms with Crippen molar-refractivity contribution in [2.45, 2.75) is 10.6 Å². The number of aromatic carboxylic acids is 1. The lowest BCUT2D eigenvalue weighted by Gasteiger charge is -2.02. The SMILES string of the molecule is O=C(O)c1cnc(-c2nc(CS(=O)(=O)c3ccccc3)cs2)c(O)c1. The second-order valence-corrected chi connectivity index (χ2v) is 7.96. The van der Waals surface area contributed by atoms with Gasteiger partial charge in [-0.1, -0.05) is 18.2 Å². The fourth-order valence-electron chi connectivity index (χ4n) is 2.12. The van der Waals surface area contributed by atoms with Crippen LogP contribution in [0.5, 0.6) is 5.75 Å². The number of carboxylic acids is 1. The van der Waals surface area contributed by atoms with Gasteiger partial charge >= 0.3 is 5.97 Å². The molecule has 0 radical (unpaired) electrons. The molecule has 128 valence electrons. The third-order valence-electron chi connectivity index (χ3n) is 3.31. The molecule has 9 heteroatoms. The molecular formula is C16H12N2O5S2. The van der Waals surface area contributed by atoms with Gasteiger partial charge in [-0.25, -0.2) is 23.2 Å². The summed E-state index contributed by atoms with van der Waals surface area (Å²) >= 11 is 1.12.